The third-order valence-corrected chi connectivity index (χ3v) is 4.48. The van der Waals surface area contributed by atoms with Gasteiger partial charge in [0, 0.05) is 30.2 Å². The maximum Gasteiger partial charge on any atom is 0.239 e. The summed E-state index contributed by atoms with van der Waals surface area (Å²) in [7, 11) is 0. The summed E-state index contributed by atoms with van der Waals surface area (Å²) in [4.78, 5) is 23.0. The first-order chi connectivity index (χ1) is 11.1. The molecule has 4 N–H and O–H groups in total. The third kappa shape index (κ3) is 4.67. The average molecular weight is 340 g/mol. The van der Waals surface area contributed by atoms with Gasteiger partial charge in [-0.15, -0.1) is 0 Å². The molecule has 0 aliphatic carbocycles. The summed E-state index contributed by atoms with van der Waals surface area (Å²) < 4.78 is 5.46. The Balaban J connectivity index is 2.04. The van der Waals surface area contributed by atoms with Crippen molar-refractivity contribution in [1.29, 1.82) is 0 Å². The summed E-state index contributed by atoms with van der Waals surface area (Å²) in [5.74, 6) is -0.600. The molecule has 6 nitrogen and oxygen atoms in total. The number of nitrogens with one attached hydrogen (secondary N) is 2. The van der Waals surface area contributed by atoms with Gasteiger partial charge in [0.25, 0.3) is 0 Å². The molecule has 2 amide bonds. The van der Waals surface area contributed by atoms with Crippen molar-refractivity contribution in [3.8, 4) is 0 Å². The Morgan fingerprint density at radius 2 is 1.87 bits per heavy atom. The molecular formula is C16H22ClN3O3. The molecule has 1 aliphatic heterocycles. The zero-order valence-corrected chi connectivity index (χ0v) is 13.7. The fourth-order valence-corrected chi connectivity index (χ4v) is 3.11. The van der Waals surface area contributed by atoms with E-state index in [-0.39, 0.29) is 30.3 Å². The quantitative estimate of drug-likeness (QED) is 0.706. The second kappa shape index (κ2) is 8.29. The van der Waals surface area contributed by atoms with Gasteiger partial charge in [-0.3, -0.25) is 9.59 Å². The molecule has 1 heterocycles. The van der Waals surface area contributed by atoms with Crippen LogP contribution in [0.25, 0.3) is 0 Å². The van der Waals surface area contributed by atoms with E-state index in [0.29, 0.717) is 24.8 Å². The molecule has 2 rings (SSSR count). The molecule has 7 heteroatoms. The van der Waals surface area contributed by atoms with Gasteiger partial charge in [0.1, 0.15) is 0 Å². The molecule has 1 saturated heterocycles. The number of amides is 2. The SMILES string of the molecule is NCC(=O)NCC(=O)NCC1(c2ccccc2Cl)CCOCC1. The number of hydrogen-bond acceptors (Lipinski definition) is 4. The Morgan fingerprint density at radius 1 is 1.17 bits per heavy atom. The monoisotopic (exact) mass is 339 g/mol. The van der Waals surface area contributed by atoms with Crippen molar-refractivity contribution < 1.29 is 14.3 Å². The predicted octanol–water partition coefficient (Wildman–Crippen LogP) is 0.579. The van der Waals surface area contributed by atoms with Crippen LogP contribution in [0.4, 0.5) is 0 Å². The van der Waals surface area contributed by atoms with Gasteiger partial charge in [0.2, 0.25) is 11.8 Å². The van der Waals surface area contributed by atoms with Crippen LogP contribution in [0, 0.1) is 0 Å². The molecule has 0 spiro atoms. The van der Waals surface area contributed by atoms with Crippen LogP contribution < -0.4 is 16.4 Å². The summed E-state index contributed by atoms with van der Waals surface area (Å²) in [6.07, 6.45) is 1.57. The Morgan fingerprint density at radius 3 is 2.52 bits per heavy atom. The molecule has 126 valence electrons. The number of ether oxygens (including phenoxy) is 1. The van der Waals surface area contributed by atoms with Crippen LogP contribution >= 0.6 is 11.6 Å². The number of benzene rings is 1. The van der Waals surface area contributed by atoms with Gasteiger partial charge in [0.05, 0.1) is 13.1 Å². The van der Waals surface area contributed by atoms with Crippen molar-refractivity contribution in [1.82, 2.24) is 10.6 Å². The van der Waals surface area contributed by atoms with Crippen molar-refractivity contribution >= 4 is 23.4 Å². The zero-order chi connectivity index (χ0) is 16.7. The summed E-state index contributed by atoms with van der Waals surface area (Å²) in [5.41, 5.74) is 5.97. The van der Waals surface area contributed by atoms with Crippen molar-refractivity contribution in [3.05, 3.63) is 34.9 Å². The van der Waals surface area contributed by atoms with Gasteiger partial charge in [0.15, 0.2) is 0 Å². The van der Waals surface area contributed by atoms with Gasteiger partial charge < -0.3 is 21.1 Å². The van der Waals surface area contributed by atoms with Crippen LogP contribution in [0.5, 0.6) is 0 Å². The summed E-state index contributed by atoms with van der Waals surface area (Å²) in [6.45, 7) is 1.51. The Bertz CT molecular complexity index is 559. The molecule has 0 aromatic heterocycles. The predicted molar refractivity (Wildman–Crippen MR) is 88.3 cm³/mol. The van der Waals surface area contributed by atoms with Gasteiger partial charge in [-0.25, -0.2) is 0 Å². The smallest absolute Gasteiger partial charge is 0.239 e. The van der Waals surface area contributed by atoms with E-state index in [1.165, 1.54) is 0 Å². The molecular weight excluding hydrogens is 318 g/mol. The first kappa shape index (κ1) is 17.7. The van der Waals surface area contributed by atoms with Crippen LogP contribution in [0.3, 0.4) is 0 Å². The van der Waals surface area contributed by atoms with Crippen molar-refractivity contribution in [3.63, 3.8) is 0 Å². The van der Waals surface area contributed by atoms with Crippen molar-refractivity contribution in [2.24, 2.45) is 5.73 Å². The van der Waals surface area contributed by atoms with E-state index in [9.17, 15) is 9.59 Å². The van der Waals surface area contributed by atoms with Crippen LogP contribution in [0.2, 0.25) is 5.02 Å². The van der Waals surface area contributed by atoms with E-state index >= 15 is 0 Å². The third-order valence-electron chi connectivity index (χ3n) is 4.15. The lowest BCUT2D eigenvalue weighted by molar-refractivity contribution is -0.125. The molecule has 23 heavy (non-hydrogen) atoms. The van der Waals surface area contributed by atoms with Crippen molar-refractivity contribution in [2.75, 3.05) is 32.8 Å². The van der Waals surface area contributed by atoms with E-state index < -0.39 is 0 Å². The summed E-state index contributed by atoms with van der Waals surface area (Å²) in [5, 5.41) is 6.04. The van der Waals surface area contributed by atoms with Crippen molar-refractivity contribution in [2.45, 2.75) is 18.3 Å². The standard InChI is InChI=1S/C16H22ClN3O3/c17-13-4-2-1-3-12(13)16(5-7-23-8-6-16)11-20-15(22)10-19-14(21)9-18/h1-4H,5-11,18H2,(H,19,21)(H,20,22). The second-order valence-electron chi connectivity index (χ2n) is 5.63. The van der Waals surface area contributed by atoms with Gasteiger partial charge in [-0.2, -0.15) is 0 Å². The summed E-state index contributed by atoms with van der Waals surface area (Å²) in [6, 6.07) is 7.69. The minimum absolute atomic E-state index is 0.0782. The molecule has 1 fully saturated rings. The zero-order valence-electron chi connectivity index (χ0n) is 12.9. The van der Waals surface area contributed by atoms with Crippen LogP contribution in [0.1, 0.15) is 18.4 Å². The Labute approximate surface area is 140 Å². The molecule has 0 radical (unpaired) electrons. The molecule has 1 aromatic carbocycles. The lowest BCUT2D eigenvalue weighted by Crippen LogP contribution is -2.47. The van der Waals surface area contributed by atoms with E-state index in [2.05, 4.69) is 10.6 Å². The van der Waals surface area contributed by atoms with Crippen LogP contribution in [-0.2, 0) is 19.7 Å². The first-order valence-corrected chi connectivity index (χ1v) is 8.01. The van der Waals surface area contributed by atoms with Crippen LogP contribution in [0.15, 0.2) is 24.3 Å². The second-order valence-corrected chi connectivity index (χ2v) is 6.04. The van der Waals surface area contributed by atoms with Gasteiger partial charge >= 0.3 is 0 Å². The lowest BCUT2D eigenvalue weighted by Gasteiger charge is -2.38. The van der Waals surface area contributed by atoms with E-state index in [4.69, 9.17) is 22.1 Å². The topological polar surface area (TPSA) is 93.5 Å². The number of nitrogens with two attached hydrogens (primary N) is 1. The average Bonchev–Trinajstić information content (AvgIpc) is 2.59. The van der Waals surface area contributed by atoms with Crippen LogP contribution in [-0.4, -0.2) is 44.7 Å². The molecule has 0 saturated carbocycles. The highest BCUT2D eigenvalue weighted by atomic mass is 35.5. The Kier molecular flexibility index (Phi) is 6.38. The molecule has 0 atom stereocenters. The van der Waals surface area contributed by atoms with E-state index in [0.717, 1.165) is 18.4 Å². The van der Waals surface area contributed by atoms with E-state index in [1.807, 2.05) is 24.3 Å². The fraction of sp³-hybridized carbons (Fsp3) is 0.500. The highest BCUT2D eigenvalue weighted by molar-refractivity contribution is 6.31. The van der Waals surface area contributed by atoms with Gasteiger partial charge in [-0.1, -0.05) is 29.8 Å². The highest BCUT2D eigenvalue weighted by Crippen LogP contribution is 2.38. The number of carbonyl (C=O) groups is 2. The maximum atomic E-state index is 11.9. The number of carbonyl (C=O) groups excluding carboxylic acids is 2. The minimum Gasteiger partial charge on any atom is -0.381 e. The molecule has 0 bridgehead atoms. The van der Waals surface area contributed by atoms with E-state index in [1.54, 1.807) is 0 Å². The lowest BCUT2D eigenvalue weighted by atomic mass is 9.74. The number of hydrogen-bond donors (Lipinski definition) is 3. The summed E-state index contributed by atoms with van der Waals surface area (Å²) >= 11 is 6.36. The molecule has 0 unspecified atom stereocenters. The first-order valence-electron chi connectivity index (χ1n) is 7.64. The fourth-order valence-electron chi connectivity index (χ4n) is 2.78. The Hall–Kier alpha value is -1.63. The maximum absolute atomic E-state index is 11.9. The number of halogens is 1. The largest absolute Gasteiger partial charge is 0.381 e. The van der Waals surface area contributed by atoms with Gasteiger partial charge in [-0.05, 0) is 24.5 Å². The minimum atomic E-state index is -0.355. The molecule has 1 aliphatic rings. The normalized spacial score (nSPS) is 16.6. The molecule has 1 aromatic rings. The highest BCUT2D eigenvalue weighted by Gasteiger charge is 2.36. The number of rotatable bonds is 6.